The number of aromatic nitrogens is 2. The van der Waals surface area contributed by atoms with Gasteiger partial charge in [-0.2, -0.15) is 5.06 Å². The second kappa shape index (κ2) is 13.0. The van der Waals surface area contributed by atoms with Crippen LogP contribution >= 0.6 is 0 Å². The number of nitrogens with one attached hydrogen (secondary N) is 2. The van der Waals surface area contributed by atoms with E-state index in [0.29, 0.717) is 28.6 Å². The summed E-state index contributed by atoms with van der Waals surface area (Å²) in [5, 5.41) is 7.26. The zero-order valence-corrected chi connectivity index (χ0v) is 23.4. The van der Waals surface area contributed by atoms with E-state index in [2.05, 4.69) is 25.5 Å². The summed E-state index contributed by atoms with van der Waals surface area (Å²) in [6.45, 7) is 4.80. The lowest BCUT2D eigenvalue weighted by Crippen LogP contribution is -2.31. The van der Waals surface area contributed by atoms with E-state index in [4.69, 9.17) is 9.57 Å². The van der Waals surface area contributed by atoms with Crippen LogP contribution in [0.2, 0.25) is 0 Å². The molecule has 4 heterocycles. The fraction of sp³-hybridized carbons (Fsp3) is 0.400. The average Bonchev–Trinajstić information content (AvgIpc) is 3.00. The van der Waals surface area contributed by atoms with Crippen LogP contribution in [0.25, 0.3) is 0 Å². The first-order valence-corrected chi connectivity index (χ1v) is 13.9. The normalized spacial score (nSPS) is 15.8. The minimum Gasteiger partial charge on any atom is -0.381 e. The maximum Gasteiger partial charge on any atom is 0.284 e. The Morgan fingerprint density at radius 3 is 2.54 bits per heavy atom. The van der Waals surface area contributed by atoms with Gasteiger partial charge < -0.3 is 20.3 Å². The van der Waals surface area contributed by atoms with Crippen LogP contribution in [0, 0.1) is 12.7 Å². The highest BCUT2D eigenvalue weighted by Gasteiger charge is 2.23. The van der Waals surface area contributed by atoms with Crippen molar-refractivity contribution in [2.24, 2.45) is 0 Å². The van der Waals surface area contributed by atoms with Gasteiger partial charge in [-0.25, -0.2) is 9.37 Å². The highest BCUT2D eigenvalue weighted by molar-refractivity contribution is 6.08. The molecule has 10 nitrogen and oxygen atoms in total. The fourth-order valence-electron chi connectivity index (χ4n) is 5.12. The summed E-state index contributed by atoms with van der Waals surface area (Å²) in [5.41, 5.74) is 2.32. The highest BCUT2D eigenvalue weighted by atomic mass is 19.1. The smallest absolute Gasteiger partial charge is 0.284 e. The third-order valence-electron chi connectivity index (χ3n) is 7.36. The van der Waals surface area contributed by atoms with E-state index in [0.717, 1.165) is 63.5 Å². The third kappa shape index (κ3) is 6.98. The zero-order chi connectivity index (χ0) is 28.8. The highest BCUT2D eigenvalue weighted by Crippen LogP contribution is 2.25. The minimum atomic E-state index is -0.493. The maximum absolute atomic E-state index is 14.4. The Balaban J connectivity index is 1.30. The molecule has 0 atom stereocenters. The van der Waals surface area contributed by atoms with Gasteiger partial charge in [-0.05, 0) is 75.4 Å². The molecular formula is C30H35FN6O4. The summed E-state index contributed by atoms with van der Waals surface area (Å²) < 4.78 is 19.8. The molecule has 216 valence electrons. The molecule has 0 aliphatic carbocycles. The van der Waals surface area contributed by atoms with Gasteiger partial charge in [-0.15, -0.1) is 0 Å². The number of ether oxygens (including phenoxy) is 1. The van der Waals surface area contributed by atoms with Gasteiger partial charge in [0.2, 0.25) is 0 Å². The number of amides is 2. The molecule has 5 rings (SSSR count). The number of carbonyl (C=O) groups is 2. The molecule has 2 aliphatic heterocycles. The number of benzene rings is 1. The molecular weight excluding hydrogens is 527 g/mol. The first-order valence-electron chi connectivity index (χ1n) is 13.9. The van der Waals surface area contributed by atoms with Crippen LogP contribution in [0.1, 0.15) is 58.5 Å². The Morgan fingerprint density at radius 2 is 1.83 bits per heavy atom. The number of aryl methyl sites for hydroxylation is 1. The van der Waals surface area contributed by atoms with Crippen molar-refractivity contribution in [2.75, 3.05) is 54.0 Å². The number of carbonyl (C=O) groups excluding carboxylic acids is 2. The van der Waals surface area contributed by atoms with Crippen molar-refractivity contribution in [1.82, 2.24) is 9.97 Å². The molecule has 2 saturated heterocycles. The van der Waals surface area contributed by atoms with Gasteiger partial charge >= 0.3 is 0 Å². The SMILES string of the molecule is CON(C(=O)c1cc(NC(=O)c2cc(F)cc(N3CCCCC3)c2)cnc1C)c1ccc(NC2CCOCC2)nc1. The first-order chi connectivity index (χ1) is 19.9. The van der Waals surface area contributed by atoms with Crippen LogP contribution in [0.3, 0.4) is 0 Å². The summed E-state index contributed by atoms with van der Waals surface area (Å²) >= 11 is 0. The molecule has 0 unspecified atom stereocenters. The molecule has 0 radical (unpaired) electrons. The number of pyridine rings is 2. The molecule has 3 aromatic rings. The van der Waals surface area contributed by atoms with Crippen LogP contribution in [-0.2, 0) is 9.57 Å². The van der Waals surface area contributed by atoms with Gasteiger partial charge in [-0.1, -0.05) is 0 Å². The predicted molar refractivity (Wildman–Crippen MR) is 155 cm³/mol. The summed E-state index contributed by atoms with van der Waals surface area (Å²) in [6.07, 6.45) is 8.06. The summed E-state index contributed by atoms with van der Waals surface area (Å²) in [4.78, 5) is 42.9. The van der Waals surface area contributed by atoms with Crippen molar-refractivity contribution in [3.63, 3.8) is 0 Å². The Kier molecular flexibility index (Phi) is 9.05. The standard InChI is InChI=1S/C30H35FN6O4/c1-20-27(30(39)37(40-2)25-6-7-28(33-19-25)34-23-8-12-41-13-9-23)17-24(18-32-20)35-29(38)21-14-22(31)16-26(15-21)36-10-4-3-5-11-36/h6-7,14-19,23H,3-5,8-13H2,1-2H3,(H,33,34)(H,35,38). The van der Waals surface area contributed by atoms with Gasteiger partial charge in [0.15, 0.2) is 0 Å². The summed E-state index contributed by atoms with van der Waals surface area (Å²) in [5.74, 6) is -0.743. The maximum atomic E-state index is 14.4. The van der Waals surface area contributed by atoms with Crippen LogP contribution in [-0.4, -0.2) is 61.2 Å². The van der Waals surface area contributed by atoms with E-state index in [9.17, 15) is 14.0 Å². The molecule has 2 aliphatic rings. The molecule has 0 spiro atoms. The lowest BCUT2D eigenvalue weighted by atomic mass is 10.1. The van der Waals surface area contributed by atoms with Gasteiger partial charge in [-0.3, -0.25) is 19.4 Å². The van der Waals surface area contributed by atoms with E-state index in [1.807, 2.05) is 0 Å². The molecule has 11 heteroatoms. The van der Waals surface area contributed by atoms with Gasteiger partial charge in [0.05, 0.1) is 42.1 Å². The van der Waals surface area contributed by atoms with Crippen molar-refractivity contribution < 1.29 is 23.6 Å². The van der Waals surface area contributed by atoms with E-state index < -0.39 is 17.6 Å². The first kappa shape index (κ1) is 28.4. The van der Waals surface area contributed by atoms with Crippen LogP contribution in [0.15, 0.2) is 48.8 Å². The number of halogens is 1. The Labute approximate surface area is 238 Å². The lowest BCUT2D eigenvalue weighted by molar-refractivity contribution is 0.0771. The molecule has 2 N–H and O–H groups in total. The fourth-order valence-corrected chi connectivity index (χ4v) is 5.12. The van der Waals surface area contributed by atoms with Gasteiger partial charge in [0.1, 0.15) is 11.6 Å². The third-order valence-corrected chi connectivity index (χ3v) is 7.36. The summed E-state index contributed by atoms with van der Waals surface area (Å²) in [6, 6.07) is 9.71. The monoisotopic (exact) mass is 562 g/mol. The van der Waals surface area contributed by atoms with Gasteiger partial charge in [0.25, 0.3) is 11.8 Å². The number of nitrogens with zero attached hydrogens (tertiary/aromatic N) is 4. The number of piperidine rings is 1. The number of hydrogen-bond donors (Lipinski definition) is 2. The van der Waals surface area contributed by atoms with Crippen molar-refractivity contribution >= 4 is 34.7 Å². The average molecular weight is 563 g/mol. The van der Waals surface area contributed by atoms with Crippen LogP contribution < -0.4 is 20.6 Å². The lowest BCUT2D eigenvalue weighted by Gasteiger charge is -2.29. The molecule has 1 aromatic carbocycles. The van der Waals surface area contributed by atoms with Crippen molar-refractivity contribution in [3.05, 3.63) is 71.4 Å². The van der Waals surface area contributed by atoms with Crippen molar-refractivity contribution in [1.29, 1.82) is 0 Å². The number of rotatable bonds is 8. The van der Waals surface area contributed by atoms with E-state index in [1.54, 1.807) is 31.3 Å². The van der Waals surface area contributed by atoms with Crippen LogP contribution in [0.5, 0.6) is 0 Å². The van der Waals surface area contributed by atoms with Crippen molar-refractivity contribution in [2.45, 2.75) is 45.1 Å². The van der Waals surface area contributed by atoms with E-state index >= 15 is 0 Å². The Bertz CT molecular complexity index is 1370. The molecule has 0 saturated carbocycles. The Hall–Kier alpha value is -4.09. The summed E-state index contributed by atoms with van der Waals surface area (Å²) in [7, 11) is 1.39. The molecule has 2 fully saturated rings. The topological polar surface area (TPSA) is 109 Å². The predicted octanol–water partition coefficient (Wildman–Crippen LogP) is 4.97. The second-order valence-corrected chi connectivity index (χ2v) is 10.3. The van der Waals surface area contributed by atoms with E-state index in [-0.39, 0.29) is 17.2 Å². The minimum absolute atomic E-state index is 0.193. The van der Waals surface area contributed by atoms with Crippen molar-refractivity contribution in [3.8, 4) is 0 Å². The number of anilines is 4. The Morgan fingerprint density at radius 1 is 1.05 bits per heavy atom. The molecule has 2 amide bonds. The zero-order valence-electron chi connectivity index (χ0n) is 23.4. The molecule has 2 aromatic heterocycles. The van der Waals surface area contributed by atoms with Crippen LogP contribution in [0.4, 0.5) is 27.3 Å². The van der Waals surface area contributed by atoms with E-state index in [1.165, 1.54) is 31.5 Å². The van der Waals surface area contributed by atoms with Gasteiger partial charge in [0, 0.05) is 43.6 Å². The second-order valence-electron chi connectivity index (χ2n) is 10.3. The molecule has 0 bridgehead atoms. The largest absolute Gasteiger partial charge is 0.381 e. The number of hydroxylamine groups is 1. The quantitative estimate of drug-likeness (QED) is 0.371. The number of hydrogen-bond acceptors (Lipinski definition) is 8. The molecule has 41 heavy (non-hydrogen) atoms.